The number of quaternary nitrogens is 1. The quantitative estimate of drug-likeness (QED) is 0.0357. The summed E-state index contributed by atoms with van der Waals surface area (Å²) in [5.41, 5.74) is 0. The first-order valence-electron chi connectivity index (χ1n) is 37.4. The van der Waals surface area contributed by atoms with Gasteiger partial charge in [0.15, 0.2) is 0 Å². The fourth-order valence-electron chi connectivity index (χ4n) is 12.0. The van der Waals surface area contributed by atoms with Gasteiger partial charge in [0.2, 0.25) is 5.91 Å². The summed E-state index contributed by atoms with van der Waals surface area (Å²) in [6.07, 6.45) is 82.0. The number of carbonyl (C=O) groups is 1. The lowest BCUT2D eigenvalue weighted by Gasteiger charge is -2.30. The first-order chi connectivity index (χ1) is 40.0. The van der Waals surface area contributed by atoms with E-state index in [1.165, 1.54) is 347 Å². The molecule has 0 fully saturated rings. The summed E-state index contributed by atoms with van der Waals surface area (Å²) in [6.45, 7) is 4.81. The lowest BCUT2D eigenvalue weighted by atomic mass is 10.0. The van der Waals surface area contributed by atoms with Crippen molar-refractivity contribution < 1.29 is 32.9 Å². The van der Waals surface area contributed by atoms with Crippen LogP contribution in [0.3, 0.4) is 0 Å². The van der Waals surface area contributed by atoms with E-state index < -0.39 is 20.0 Å². The molecule has 0 radical (unpaired) electrons. The lowest BCUT2D eigenvalue weighted by molar-refractivity contribution is -0.870. The van der Waals surface area contributed by atoms with Gasteiger partial charge in [-0.05, 0) is 12.8 Å². The standard InChI is InChI=1S/C73H149N2O6P/c1-6-8-10-12-14-16-18-20-22-24-26-28-30-32-34-36-38-40-42-44-46-48-50-52-54-56-58-60-62-64-66-72(76)71(70-81-82(78,79)80-69-68-75(3,4)5)74-73(77)67-65-63-61-59-57-55-53-51-49-47-45-43-41-39-37-35-33-31-29-27-25-23-21-19-17-15-13-11-9-7-2/h71-72,76H,6-70H2,1-5H3,(H-,74,77,78,79). The summed E-state index contributed by atoms with van der Waals surface area (Å²) >= 11 is 0. The Morgan fingerprint density at radius 1 is 0.378 bits per heavy atom. The van der Waals surface area contributed by atoms with Crippen LogP contribution in [0.25, 0.3) is 0 Å². The Labute approximate surface area is 514 Å². The van der Waals surface area contributed by atoms with Crippen LogP contribution in [-0.4, -0.2) is 68.5 Å². The first kappa shape index (κ1) is 81.5. The Kier molecular flexibility index (Phi) is 64.6. The maximum absolute atomic E-state index is 13.1. The average molecular weight is 1180 g/mol. The number of rotatable bonds is 71. The Balaban J connectivity index is 3.94. The van der Waals surface area contributed by atoms with Gasteiger partial charge in [0.25, 0.3) is 7.82 Å². The molecule has 82 heavy (non-hydrogen) atoms. The van der Waals surface area contributed by atoms with Crippen molar-refractivity contribution in [2.45, 2.75) is 424 Å². The van der Waals surface area contributed by atoms with Gasteiger partial charge in [0.05, 0.1) is 39.9 Å². The van der Waals surface area contributed by atoms with Crippen LogP contribution >= 0.6 is 7.82 Å². The minimum Gasteiger partial charge on any atom is -0.756 e. The molecule has 3 atom stereocenters. The van der Waals surface area contributed by atoms with E-state index >= 15 is 0 Å². The number of aliphatic hydroxyl groups is 1. The zero-order valence-electron chi connectivity index (χ0n) is 56.5. The molecule has 8 nitrogen and oxygen atoms in total. The third kappa shape index (κ3) is 67.0. The fraction of sp³-hybridized carbons (Fsp3) is 0.986. The Morgan fingerprint density at radius 2 is 0.598 bits per heavy atom. The second kappa shape index (κ2) is 65.0. The summed E-state index contributed by atoms with van der Waals surface area (Å²) < 4.78 is 23.6. The van der Waals surface area contributed by atoms with Gasteiger partial charge in [0.1, 0.15) is 13.2 Å². The van der Waals surface area contributed by atoms with Crippen LogP contribution in [0.4, 0.5) is 0 Å². The van der Waals surface area contributed by atoms with Crippen molar-refractivity contribution >= 4 is 13.7 Å². The number of phosphoric acid groups is 1. The Hall–Kier alpha value is -0.500. The summed E-state index contributed by atoms with van der Waals surface area (Å²) in [6, 6.07) is -0.797. The normalized spacial score (nSPS) is 13.5. The van der Waals surface area contributed by atoms with E-state index in [1.54, 1.807) is 0 Å². The van der Waals surface area contributed by atoms with Gasteiger partial charge in [-0.15, -0.1) is 0 Å². The van der Waals surface area contributed by atoms with Gasteiger partial charge in [-0.25, -0.2) is 0 Å². The van der Waals surface area contributed by atoms with Gasteiger partial charge in [0, 0.05) is 6.42 Å². The predicted molar refractivity (Wildman–Crippen MR) is 358 cm³/mol. The molecule has 2 N–H and O–H groups in total. The molecule has 0 aliphatic rings. The van der Waals surface area contributed by atoms with Gasteiger partial charge in [-0.3, -0.25) is 9.36 Å². The number of amides is 1. The van der Waals surface area contributed by atoms with E-state index in [-0.39, 0.29) is 19.1 Å². The molecule has 0 aromatic carbocycles. The van der Waals surface area contributed by atoms with Crippen LogP contribution < -0.4 is 10.2 Å². The number of nitrogens with one attached hydrogen (secondary N) is 1. The van der Waals surface area contributed by atoms with Crippen molar-refractivity contribution in [2.24, 2.45) is 0 Å². The number of nitrogens with zero attached hydrogens (tertiary/aromatic N) is 1. The summed E-state index contributed by atoms with van der Waals surface area (Å²) in [5.74, 6) is -0.153. The van der Waals surface area contributed by atoms with Crippen LogP contribution in [0, 0.1) is 0 Å². The topological polar surface area (TPSA) is 108 Å². The fourth-order valence-corrected chi connectivity index (χ4v) is 12.8. The summed E-state index contributed by atoms with van der Waals surface area (Å²) in [4.78, 5) is 25.7. The van der Waals surface area contributed by atoms with Gasteiger partial charge in [-0.2, -0.15) is 0 Å². The molecule has 0 aromatic heterocycles. The van der Waals surface area contributed by atoms with Crippen LogP contribution in [0.5, 0.6) is 0 Å². The highest BCUT2D eigenvalue weighted by atomic mass is 31.2. The Morgan fingerprint density at radius 3 is 0.829 bits per heavy atom. The monoisotopic (exact) mass is 1180 g/mol. The highest BCUT2D eigenvalue weighted by molar-refractivity contribution is 7.45. The molecule has 492 valence electrons. The van der Waals surface area contributed by atoms with E-state index in [0.717, 1.165) is 38.5 Å². The van der Waals surface area contributed by atoms with Crippen LogP contribution in [0.2, 0.25) is 0 Å². The number of aliphatic hydroxyl groups excluding tert-OH is 1. The molecule has 0 aliphatic carbocycles. The molecule has 0 rings (SSSR count). The lowest BCUT2D eigenvalue weighted by Crippen LogP contribution is -2.46. The van der Waals surface area contributed by atoms with Crippen molar-refractivity contribution in [3.8, 4) is 0 Å². The largest absolute Gasteiger partial charge is 0.756 e. The van der Waals surface area contributed by atoms with Crippen LogP contribution in [0.1, 0.15) is 412 Å². The molecule has 0 saturated heterocycles. The number of phosphoric ester groups is 1. The number of likely N-dealkylation sites (N-methyl/N-ethyl adjacent to an activating group) is 1. The smallest absolute Gasteiger partial charge is 0.268 e. The number of hydrogen-bond donors (Lipinski definition) is 2. The molecule has 3 unspecified atom stereocenters. The van der Waals surface area contributed by atoms with Crippen LogP contribution in [0.15, 0.2) is 0 Å². The first-order valence-corrected chi connectivity index (χ1v) is 38.8. The van der Waals surface area contributed by atoms with Crippen molar-refractivity contribution in [1.29, 1.82) is 0 Å². The van der Waals surface area contributed by atoms with Crippen molar-refractivity contribution in [3.05, 3.63) is 0 Å². The molecule has 0 spiro atoms. The van der Waals surface area contributed by atoms with Gasteiger partial charge in [-0.1, -0.05) is 393 Å². The predicted octanol–water partition coefficient (Wildman–Crippen LogP) is 23.3. The molecule has 0 saturated carbocycles. The minimum atomic E-state index is -4.58. The zero-order chi connectivity index (χ0) is 59.8. The average Bonchev–Trinajstić information content (AvgIpc) is 3.47. The summed E-state index contributed by atoms with van der Waals surface area (Å²) in [7, 11) is 1.33. The molecule has 0 aromatic rings. The molecule has 1 amide bonds. The van der Waals surface area contributed by atoms with Crippen molar-refractivity contribution in [3.63, 3.8) is 0 Å². The molecule has 0 aliphatic heterocycles. The molecular formula is C73H149N2O6P. The number of hydrogen-bond acceptors (Lipinski definition) is 6. The van der Waals surface area contributed by atoms with E-state index in [0.29, 0.717) is 23.9 Å². The minimum absolute atomic E-state index is 0.0171. The van der Waals surface area contributed by atoms with Crippen molar-refractivity contribution in [1.82, 2.24) is 5.32 Å². The second-order valence-corrected chi connectivity index (χ2v) is 28.8. The van der Waals surface area contributed by atoms with E-state index in [4.69, 9.17) is 9.05 Å². The van der Waals surface area contributed by atoms with Gasteiger partial charge >= 0.3 is 0 Å². The van der Waals surface area contributed by atoms with E-state index in [2.05, 4.69) is 19.2 Å². The van der Waals surface area contributed by atoms with Gasteiger partial charge < -0.3 is 28.8 Å². The molecular weight excluding hydrogens is 1030 g/mol. The maximum atomic E-state index is 13.1. The SMILES string of the molecule is CCCCCCCCCCCCCCCCCCCCCCCCCCCCCCCCC(=O)NC(COP(=O)([O-])OCC[N+](C)(C)C)C(O)CCCCCCCCCCCCCCCCCCCCCCCCCCCCCCCC. The number of carbonyl (C=O) groups excluding carboxylic acids is 1. The highest BCUT2D eigenvalue weighted by Crippen LogP contribution is 2.38. The summed E-state index contributed by atoms with van der Waals surface area (Å²) in [5, 5.41) is 14.1. The maximum Gasteiger partial charge on any atom is 0.268 e. The molecule has 0 bridgehead atoms. The zero-order valence-corrected chi connectivity index (χ0v) is 57.4. The number of unbranched alkanes of at least 4 members (excludes halogenated alkanes) is 58. The van der Waals surface area contributed by atoms with E-state index in [1.807, 2.05) is 21.1 Å². The van der Waals surface area contributed by atoms with E-state index in [9.17, 15) is 19.4 Å². The highest BCUT2D eigenvalue weighted by Gasteiger charge is 2.24. The second-order valence-electron chi connectivity index (χ2n) is 27.4. The van der Waals surface area contributed by atoms with Crippen LogP contribution in [-0.2, 0) is 18.4 Å². The van der Waals surface area contributed by atoms with Crippen molar-refractivity contribution in [2.75, 3.05) is 40.9 Å². The Bertz CT molecular complexity index is 1300. The molecule has 9 heteroatoms. The molecule has 0 heterocycles. The third-order valence-corrected chi connectivity index (χ3v) is 18.8. The third-order valence-electron chi connectivity index (χ3n) is 17.8.